The molecule has 2 aromatic rings. The average Bonchev–Trinajstić information content (AvgIpc) is 3.19. The van der Waals surface area contributed by atoms with Crippen LogP contribution < -0.4 is 9.47 Å². The number of benzene rings is 1. The third-order valence-electron chi connectivity index (χ3n) is 6.43. The molecule has 0 spiro atoms. The van der Waals surface area contributed by atoms with E-state index in [4.69, 9.17) is 9.47 Å². The monoisotopic (exact) mass is 544 g/mol. The van der Waals surface area contributed by atoms with E-state index in [2.05, 4.69) is 31.9 Å². The van der Waals surface area contributed by atoms with Gasteiger partial charge in [0.2, 0.25) is 5.88 Å². The molecular weight excluding hydrogens is 511 g/mol. The lowest BCUT2D eigenvalue weighted by atomic mass is 9.94. The number of carbonyl (C=O) groups is 1. The predicted octanol–water partition coefficient (Wildman–Crippen LogP) is 6.34. The number of halogens is 2. The lowest BCUT2D eigenvalue weighted by Crippen LogP contribution is -2.26. The van der Waals surface area contributed by atoms with Gasteiger partial charge >= 0.3 is 5.97 Å². The molecule has 0 N–H and O–H groups in total. The summed E-state index contributed by atoms with van der Waals surface area (Å²) in [7, 11) is 0. The van der Waals surface area contributed by atoms with Gasteiger partial charge in [0.25, 0.3) is 0 Å². The highest BCUT2D eigenvalue weighted by Gasteiger charge is 2.26. The molecule has 4 rings (SSSR count). The maximum Gasteiger partial charge on any atom is 0.316 e. The van der Waals surface area contributed by atoms with Crippen molar-refractivity contribution in [3.63, 3.8) is 0 Å². The number of carbonyl (C=O) groups excluding carboxylic acids is 1. The molecule has 5 nitrogen and oxygen atoms in total. The summed E-state index contributed by atoms with van der Waals surface area (Å²) in [6.45, 7) is 7.82. The van der Waals surface area contributed by atoms with Crippen LogP contribution in [0.25, 0.3) is 5.57 Å². The Morgan fingerprint density at radius 2 is 2.06 bits per heavy atom. The van der Waals surface area contributed by atoms with Gasteiger partial charge in [0.15, 0.2) is 0 Å². The van der Waals surface area contributed by atoms with Crippen molar-refractivity contribution in [2.45, 2.75) is 59.0 Å². The quantitative estimate of drug-likeness (QED) is 0.301. The second kappa shape index (κ2) is 11.2. The fourth-order valence-electron chi connectivity index (χ4n) is 4.51. The number of likely N-dealkylation sites (tertiary alicyclic amines) is 1. The van der Waals surface area contributed by atoms with E-state index < -0.39 is 5.41 Å². The van der Waals surface area contributed by atoms with Crippen LogP contribution in [0.3, 0.4) is 0 Å². The smallest absolute Gasteiger partial charge is 0.316 e. The summed E-state index contributed by atoms with van der Waals surface area (Å²) in [6, 6.07) is 9.88. The topological polar surface area (TPSA) is 51.7 Å². The summed E-state index contributed by atoms with van der Waals surface area (Å²) >= 11 is 3.82. The van der Waals surface area contributed by atoms with E-state index in [1.807, 2.05) is 51.2 Å². The van der Waals surface area contributed by atoms with Crippen LogP contribution in [0.1, 0.15) is 63.1 Å². The van der Waals surface area contributed by atoms with E-state index in [1.165, 1.54) is 0 Å². The molecule has 0 saturated carbocycles. The molecule has 0 amide bonds. The molecule has 0 bridgehead atoms. The fraction of sp³-hybridized carbons (Fsp3) is 0.500. The van der Waals surface area contributed by atoms with Gasteiger partial charge in [0, 0.05) is 47.5 Å². The number of alkyl halides is 1. The zero-order valence-corrected chi connectivity index (χ0v) is 22.4. The van der Waals surface area contributed by atoms with Crippen LogP contribution in [0.2, 0.25) is 0 Å². The van der Waals surface area contributed by atoms with E-state index >= 15 is 0 Å². The normalized spacial score (nSPS) is 18.8. The second-order valence-corrected chi connectivity index (χ2v) is 11.3. The lowest BCUT2D eigenvalue weighted by Gasteiger charge is -2.18. The number of allylic oxidation sites excluding steroid dienone is 1. The summed E-state index contributed by atoms with van der Waals surface area (Å²) in [5, 5.41) is 0. The number of esters is 1. The largest absolute Gasteiger partial charge is 0.473 e. The lowest BCUT2D eigenvalue weighted by molar-refractivity contribution is -0.143. The van der Waals surface area contributed by atoms with Crippen LogP contribution in [0, 0.1) is 5.41 Å². The number of fused-ring (bicyclic) bond motifs is 1. The van der Waals surface area contributed by atoms with E-state index in [9.17, 15) is 9.18 Å². The number of pyridine rings is 1. The molecule has 2 aliphatic rings. The maximum absolute atomic E-state index is 12.4. The molecule has 0 radical (unpaired) electrons. The van der Waals surface area contributed by atoms with Crippen molar-refractivity contribution in [3.05, 3.63) is 57.7 Å². The zero-order valence-electron chi connectivity index (χ0n) is 20.8. The molecule has 1 aromatic carbocycles. The molecule has 1 fully saturated rings. The summed E-state index contributed by atoms with van der Waals surface area (Å²) in [4.78, 5) is 19.2. The number of nitrogens with zero attached hydrogens (tertiary/aromatic N) is 2. The van der Waals surface area contributed by atoms with Crippen molar-refractivity contribution < 1.29 is 18.7 Å². The highest BCUT2D eigenvalue weighted by molar-refractivity contribution is 9.11. The first kappa shape index (κ1) is 25.8. The van der Waals surface area contributed by atoms with Crippen LogP contribution in [-0.4, -0.2) is 48.3 Å². The molecular formula is C28H34BrFN2O3. The SMILES string of the molecule is CC(C)(C)C(=O)Oc1ccc2c(c1)CCCC(Br)=C2c1ccc(O[C@H]2CCN(CCCF)C2)nc1. The van der Waals surface area contributed by atoms with Crippen LogP contribution in [-0.2, 0) is 11.2 Å². The van der Waals surface area contributed by atoms with Gasteiger partial charge in [-0.15, -0.1) is 0 Å². The molecule has 2 heterocycles. The Labute approximate surface area is 215 Å². The first-order chi connectivity index (χ1) is 16.7. The summed E-state index contributed by atoms with van der Waals surface area (Å²) in [5.74, 6) is 0.955. The minimum atomic E-state index is -0.554. The Balaban J connectivity index is 1.50. The van der Waals surface area contributed by atoms with E-state index in [1.54, 1.807) is 0 Å². The Bertz CT molecular complexity index is 1080. The minimum Gasteiger partial charge on any atom is -0.473 e. The molecule has 1 atom stereocenters. The Morgan fingerprint density at radius 3 is 2.77 bits per heavy atom. The van der Waals surface area contributed by atoms with Crippen LogP contribution in [0.5, 0.6) is 11.6 Å². The molecule has 1 aliphatic heterocycles. The number of ether oxygens (including phenoxy) is 2. The third kappa shape index (κ3) is 6.50. The number of rotatable bonds is 7. The van der Waals surface area contributed by atoms with Gasteiger partial charge in [-0.25, -0.2) is 4.98 Å². The molecule has 35 heavy (non-hydrogen) atoms. The molecule has 1 saturated heterocycles. The van der Waals surface area contributed by atoms with Gasteiger partial charge in [0.05, 0.1) is 12.1 Å². The highest BCUT2D eigenvalue weighted by atomic mass is 79.9. The van der Waals surface area contributed by atoms with Gasteiger partial charge in [-0.3, -0.25) is 14.1 Å². The summed E-state index contributed by atoms with van der Waals surface area (Å²) in [5.41, 5.74) is 3.86. The summed E-state index contributed by atoms with van der Waals surface area (Å²) in [6.07, 6.45) is 6.30. The van der Waals surface area contributed by atoms with Crippen molar-refractivity contribution >= 4 is 27.5 Å². The number of hydrogen-bond donors (Lipinski definition) is 0. The van der Waals surface area contributed by atoms with Crippen molar-refractivity contribution in [2.24, 2.45) is 5.41 Å². The van der Waals surface area contributed by atoms with Crippen molar-refractivity contribution in [3.8, 4) is 11.6 Å². The van der Waals surface area contributed by atoms with Gasteiger partial charge in [0.1, 0.15) is 11.9 Å². The molecule has 7 heteroatoms. The van der Waals surface area contributed by atoms with Gasteiger partial charge in [-0.05, 0) is 82.2 Å². The van der Waals surface area contributed by atoms with Gasteiger partial charge in [-0.1, -0.05) is 22.0 Å². The number of aromatic nitrogens is 1. The maximum atomic E-state index is 12.4. The number of hydrogen-bond acceptors (Lipinski definition) is 5. The van der Waals surface area contributed by atoms with E-state index in [-0.39, 0.29) is 18.7 Å². The first-order valence-electron chi connectivity index (χ1n) is 12.4. The van der Waals surface area contributed by atoms with E-state index in [0.717, 1.165) is 72.1 Å². The standard InChI is InChI=1S/C28H34BrFN2O3/c1-28(2,3)27(33)35-21-9-10-23-19(16-21)6-4-7-24(29)26(23)20-8-11-25(31-17-20)34-22-12-15-32(18-22)14-5-13-30/h8-11,16-17,22H,4-7,12-15,18H2,1-3H3/t22-/m0/s1. The third-order valence-corrected chi connectivity index (χ3v) is 7.23. The van der Waals surface area contributed by atoms with Gasteiger partial charge < -0.3 is 9.47 Å². The van der Waals surface area contributed by atoms with Crippen LogP contribution >= 0.6 is 15.9 Å². The van der Waals surface area contributed by atoms with Crippen LogP contribution in [0.4, 0.5) is 4.39 Å². The molecule has 1 aliphatic carbocycles. The Morgan fingerprint density at radius 1 is 1.23 bits per heavy atom. The average molecular weight is 545 g/mol. The molecule has 188 valence electrons. The molecule has 1 aromatic heterocycles. The first-order valence-corrected chi connectivity index (χ1v) is 13.2. The summed E-state index contributed by atoms with van der Waals surface area (Å²) < 4.78 is 25.3. The fourth-order valence-corrected chi connectivity index (χ4v) is 5.23. The minimum absolute atomic E-state index is 0.0896. The van der Waals surface area contributed by atoms with Crippen molar-refractivity contribution in [1.82, 2.24) is 9.88 Å². The molecule has 0 unspecified atom stereocenters. The number of aryl methyl sites for hydroxylation is 1. The van der Waals surface area contributed by atoms with Crippen LogP contribution in [0.15, 0.2) is 41.0 Å². The van der Waals surface area contributed by atoms with E-state index in [0.29, 0.717) is 18.1 Å². The predicted molar refractivity (Wildman–Crippen MR) is 140 cm³/mol. The van der Waals surface area contributed by atoms with Crippen molar-refractivity contribution in [2.75, 3.05) is 26.3 Å². The Hall–Kier alpha value is -2.25. The Kier molecular flexibility index (Phi) is 8.27. The zero-order chi connectivity index (χ0) is 25.0. The van der Waals surface area contributed by atoms with Crippen molar-refractivity contribution in [1.29, 1.82) is 0 Å². The second-order valence-electron chi connectivity index (χ2n) is 10.3. The highest BCUT2D eigenvalue weighted by Crippen LogP contribution is 2.39. The van der Waals surface area contributed by atoms with Gasteiger partial charge in [-0.2, -0.15) is 0 Å².